The Balaban J connectivity index is 1.61. The van der Waals surface area contributed by atoms with E-state index in [4.69, 9.17) is 18.9 Å². The fourth-order valence-electron chi connectivity index (χ4n) is 4.64. The molecule has 4 fully saturated rings. The lowest BCUT2D eigenvalue weighted by Gasteiger charge is -2.59. The highest BCUT2D eigenvalue weighted by Gasteiger charge is 2.60. The summed E-state index contributed by atoms with van der Waals surface area (Å²) in [5, 5.41) is 10.1. The van der Waals surface area contributed by atoms with Gasteiger partial charge in [0.2, 0.25) is 0 Å². The second kappa shape index (κ2) is 5.17. The van der Waals surface area contributed by atoms with Crippen molar-refractivity contribution >= 4 is 0 Å². The molecule has 0 aromatic rings. The molecule has 0 aromatic heterocycles. The number of aliphatic hydroxyl groups is 1. The van der Waals surface area contributed by atoms with E-state index in [1.165, 1.54) is 0 Å². The largest absolute Gasteiger partial charge is 0.393 e. The van der Waals surface area contributed by atoms with Crippen LogP contribution >= 0.6 is 0 Å². The molecule has 0 aromatic carbocycles. The Morgan fingerprint density at radius 2 is 1.95 bits per heavy atom. The third-order valence-corrected chi connectivity index (χ3v) is 5.77. The predicted octanol–water partition coefficient (Wildman–Crippen LogP) is 1.41. The van der Waals surface area contributed by atoms with Gasteiger partial charge in [-0.2, -0.15) is 0 Å². The normalized spacial score (nSPS) is 53.4. The highest BCUT2D eigenvalue weighted by Crippen LogP contribution is 2.49. The highest BCUT2D eigenvalue weighted by molar-refractivity contribution is 5.09. The Labute approximate surface area is 125 Å². The van der Waals surface area contributed by atoms with Crippen molar-refractivity contribution in [1.29, 1.82) is 0 Å². The fraction of sp³-hybridized carbons (Fsp3) is 1.00. The Hall–Kier alpha value is -0.200. The molecule has 0 saturated carbocycles. The molecule has 0 amide bonds. The first-order valence-corrected chi connectivity index (χ1v) is 8.35. The average molecular weight is 298 g/mol. The second-order valence-electron chi connectivity index (χ2n) is 7.26. The van der Waals surface area contributed by atoms with Crippen molar-refractivity contribution in [2.75, 3.05) is 19.8 Å². The standard InChI is InChI=1S/C16H26O5/c1-15-9-16(10-17)14(20-13(15)5-3-7-19-15)8-12-11(21-16)4-2-6-18-12/h11-14,17H,2-10H2,1H3/t11-,12+,13+,14-,15-,16?/m1/s1. The van der Waals surface area contributed by atoms with Crippen LogP contribution in [-0.2, 0) is 18.9 Å². The average Bonchev–Trinajstić information content (AvgIpc) is 2.50. The Morgan fingerprint density at radius 1 is 1.10 bits per heavy atom. The molecule has 1 N–H and O–H groups in total. The van der Waals surface area contributed by atoms with Crippen LogP contribution in [0.3, 0.4) is 0 Å². The third kappa shape index (κ3) is 2.25. The van der Waals surface area contributed by atoms with E-state index >= 15 is 0 Å². The van der Waals surface area contributed by atoms with Crippen molar-refractivity contribution in [3.05, 3.63) is 0 Å². The van der Waals surface area contributed by atoms with Gasteiger partial charge in [-0.05, 0) is 32.6 Å². The minimum atomic E-state index is -0.621. The van der Waals surface area contributed by atoms with Gasteiger partial charge < -0.3 is 24.1 Å². The molecule has 0 aliphatic carbocycles. The van der Waals surface area contributed by atoms with Gasteiger partial charge in [-0.25, -0.2) is 0 Å². The summed E-state index contributed by atoms with van der Waals surface area (Å²) in [5.41, 5.74) is -0.954. The molecule has 1 unspecified atom stereocenters. The van der Waals surface area contributed by atoms with Crippen LogP contribution in [0, 0.1) is 0 Å². The first kappa shape index (κ1) is 14.4. The second-order valence-corrected chi connectivity index (χ2v) is 7.26. The quantitative estimate of drug-likeness (QED) is 0.793. The number of aliphatic hydroxyl groups excluding tert-OH is 1. The van der Waals surface area contributed by atoms with E-state index < -0.39 is 5.60 Å². The summed E-state index contributed by atoms with van der Waals surface area (Å²) < 4.78 is 24.6. The van der Waals surface area contributed by atoms with Gasteiger partial charge in [0, 0.05) is 26.1 Å². The van der Waals surface area contributed by atoms with Gasteiger partial charge in [0.05, 0.1) is 36.6 Å². The van der Waals surface area contributed by atoms with Crippen LogP contribution in [0.25, 0.3) is 0 Å². The first-order chi connectivity index (χ1) is 10.2. The minimum Gasteiger partial charge on any atom is -0.393 e. The maximum Gasteiger partial charge on any atom is 0.121 e. The van der Waals surface area contributed by atoms with Crippen LogP contribution in [0.2, 0.25) is 0 Å². The van der Waals surface area contributed by atoms with Crippen molar-refractivity contribution < 1.29 is 24.1 Å². The van der Waals surface area contributed by atoms with Gasteiger partial charge in [-0.15, -0.1) is 0 Å². The van der Waals surface area contributed by atoms with Crippen LogP contribution in [0.4, 0.5) is 0 Å². The number of hydrogen-bond donors (Lipinski definition) is 1. The van der Waals surface area contributed by atoms with Gasteiger partial charge in [-0.3, -0.25) is 0 Å². The van der Waals surface area contributed by atoms with E-state index in [0.29, 0.717) is 0 Å². The molecule has 4 rings (SSSR count). The van der Waals surface area contributed by atoms with Crippen molar-refractivity contribution in [3.63, 3.8) is 0 Å². The van der Waals surface area contributed by atoms with Gasteiger partial charge in [-0.1, -0.05) is 0 Å². The summed E-state index contributed by atoms with van der Waals surface area (Å²) in [4.78, 5) is 0. The van der Waals surface area contributed by atoms with Crippen molar-refractivity contribution in [2.45, 2.75) is 81.1 Å². The molecular weight excluding hydrogens is 272 g/mol. The van der Waals surface area contributed by atoms with Gasteiger partial charge >= 0.3 is 0 Å². The van der Waals surface area contributed by atoms with Crippen molar-refractivity contribution in [3.8, 4) is 0 Å². The minimum absolute atomic E-state index is 0.00738. The number of hydrogen-bond acceptors (Lipinski definition) is 5. The van der Waals surface area contributed by atoms with Gasteiger partial charge in [0.25, 0.3) is 0 Å². The zero-order chi connectivity index (χ0) is 14.5. The van der Waals surface area contributed by atoms with Crippen molar-refractivity contribution in [1.82, 2.24) is 0 Å². The van der Waals surface area contributed by atoms with E-state index in [1.54, 1.807) is 0 Å². The summed E-state index contributed by atoms with van der Waals surface area (Å²) in [5.74, 6) is 0. The molecule has 4 saturated heterocycles. The van der Waals surface area contributed by atoms with Crippen LogP contribution < -0.4 is 0 Å². The fourth-order valence-corrected chi connectivity index (χ4v) is 4.64. The van der Waals surface area contributed by atoms with Gasteiger partial charge in [0.1, 0.15) is 5.60 Å². The van der Waals surface area contributed by atoms with E-state index in [2.05, 4.69) is 6.92 Å². The summed E-state index contributed by atoms with van der Waals surface area (Å²) in [7, 11) is 0. The third-order valence-electron chi connectivity index (χ3n) is 5.77. The smallest absolute Gasteiger partial charge is 0.121 e. The topological polar surface area (TPSA) is 57.2 Å². The molecule has 0 bridgehead atoms. The van der Waals surface area contributed by atoms with Crippen LogP contribution in [0.5, 0.6) is 0 Å². The molecule has 4 aliphatic heterocycles. The Bertz CT molecular complexity index is 402. The summed E-state index contributed by atoms with van der Waals surface area (Å²) >= 11 is 0. The molecule has 4 aliphatic rings. The maximum absolute atomic E-state index is 10.1. The highest BCUT2D eigenvalue weighted by atomic mass is 16.6. The lowest BCUT2D eigenvalue weighted by Crippen LogP contribution is -2.70. The number of rotatable bonds is 1. The van der Waals surface area contributed by atoms with E-state index in [-0.39, 0.29) is 36.6 Å². The zero-order valence-electron chi connectivity index (χ0n) is 12.8. The predicted molar refractivity (Wildman–Crippen MR) is 75.1 cm³/mol. The van der Waals surface area contributed by atoms with Crippen molar-refractivity contribution in [2.24, 2.45) is 0 Å². The Morgan fingerprint density at radius 3 is 2.81 bits per heavy atom. The lowest BCUT2D eigenvalue weighted by atomic mass is 9.72. The molecule has 4 heterocycles. The van der Waals surface area contributed by atoms with Crippen LogP contribution in [-0.4, -0.2) is 60.5 Å². The molecule has 6 atom stereocenters. The summed E-state index contributed by atoms with van der Waals surface area (Å²) in [6.07, 6.45) is 5.91. The lowest BCUT2D eigenvalue weighted by molar-refractivity contribution is -0.340. The van der Waals surface area contributed by atoms with E-state index in [1.807, 2.05) is 0 Å². The molecule has 5 nitrogen and oxygen atoms in total. The van der Waals surface area contributed by atoms with E-state index in [9.17, 15) is 5.11 Å². The molecule has 120 valence electrons. The first-order valence-electron chi connectivity index (χ1n) is 8.35. The molecule has 0 spiro atoms. The molecule has 0 radical (unpaired) electrons. The SMILES string of the molecule is C[C@@]12CC3(CO)O[C@@H]4CCCO[C@H]4C[C@H]3O[C@H]1CCCO2. The molecule has 5 heteroatoms. The zero-order valence-corrected chi connectivity index (χ0v) is 12.8. The van der Waals surface area contributed by atoms with Crippen LogP contribution in [0.1, 0.15) is 45.4 Å². The number of fused-ring (bicyclic) bond motifs is 3. The number of ether oxygens (including phenoxy) is 4. The molecular formula is C16H26O5. The van der Waals surface area contributed by atoms with Gasteiger partial charge in [0.15, 0.2) is 0 Å². The van der Waals surface area contributed by atoms with Crippen LogP contribution in [0.15, 0.2) is 0 Å². The molecule has 21 heavy (non-hydrogen) atoms. The Kier molecular flexibility index (Phi) is 3.54. The summed E-state index contributed by atoms with van der Waals surface area (Å²) in [6.45, 7) is 3.69. The monoisotopic (exact) mass is 298 g/mol. The summed E-state index contributed by atoms with van der Waals surface area (Å²) in [6, 6.07) is 0. The van der Waals surface area contributed by atoms with E-state index in [0.717, 1.165) is 51.7 Å². The maximum atomic E-state index is 10.1.